The smallest absolute Gasteiger partial charge is 0.345 e. The van der Waals surface area contributed by atoms with E-state index in [1.54, 1.807) is 6.92 Å². The van der Waals surface area contributed by atoms with Gasteiger partial charge in [-0.25, -0.2) is 9.18 Å². The number of nitrogens with two attached hydrogens (primary N) is 1. The highest BCUT2D eigenvalue weighted by molar-refractivity contribution is 6.20. The van der Waals surface area contributed by atoms with Crippen LogP contribution in [0.2, 0.25) is 0 Å². The highest BCUT2D eigenvalue weighted by Gasteiger charge is 2.19. The molecule has 1 rings (SSSR count). The molecule has 0 aromatic heterocycles. The summed E-state index contributed by atoms with van der Waals surface area (Å²) in [5.74, 6) is -1.94. The minimum absolute atomic E-state index is 0.139. The van der Waals surface area contributed by atoms with Gasteiger partial charge in [0, 0.05) is 11.9 Å². The molecule has 0 aliphatic rings. The van der Waals surface area contributed by atoms with Crippen LogP contribution in [0.1, 0.15) is 6.92 Å². The lowest BCUT2D eigenvalue weighted by Crippen LogP contribution is -2.23. The van der Waals surface area contributed by atoms with Gasteiger partial charge in [0.1, 0.15) is 11.4 Å². The summed E-state index contributed by atoms with van der Waals surface area (Å²) in [7, 11) is 0. The molecule has 0 atom stereocenters. The number of hydrogen-bond acceptors (Lipinski definition) is 4. The summed E-state index contributed by atoms with van der Waals surface area (Å²) in [5, 5.41) is 2.40. The molecule has 0 bridgehead atoms. The van der Waals surface area contributed by atoms with Crippen LogP contribution >= 0.6 is 0 Å². The second-order valence-corrected chi connectivity index (χ2v) is 3.26. The predicted octanol–water partition coefficient (Wildman–Crippen LogP) is 1.17. The number of nitrogens with one attached hydrogen (secondary N) is 1. The number of anilines is 1. The van der Waals surface area contributed by atoms with Gasteiger partial charge >= 0.3 is 5.97 Å². The van der Waals surface area contributed by atoms with E-state index in [4.69, 9.17) is 5.73 Å². The van der Waals surface area contributed by atoms with Crippen LogP contribution in [0, 0.1) is 5.82 Å². The van der Waals surface area contributed by atoms with Crippen LogP contribution in [0.3, 0.4) is 0 Å². The molecule has 0 aliphatic heterocycles. The van der Waals surface area contributed by atoms with E-state index in [9.17, 15) is 14.0 Å². The van der Waals surface area contributed by atoms with E-state index in [2.05, 4.69) is 10.1 Å². The van der Waals surface area contributed by atoms with Crippen molar-refractivity contribution in [2.75, 3.05) is 11.9 Å². The fourth-order valence-corrected chi connectivity index (χ4v) is 1.18. The molecule has 0 radical (unpaired) electrons. The fourth-order valence-electron chi connectivity index (χ4n) is 1.18. The first kappa shape index (κ1) is 13.7. The Labute approximate surface area is 103 Å². The van der Waals surface area contributed by atoms with Crippen molar-refractivity contribution in [2.45, 2.75) is 6.92 Å². The number of rotatable bonds is 4. The van der Waals surface area contributed by atoms with Gasteiger partial charge in [0.15, 0.2) is 0 Å². The molecule has 1 aromatic rings. The largest absolute Gasteiger partial charge is 0.462 e. The first-order chi connectivity index (χ1) is 8.58. The second-order valence-electron chi connectivity index (χ2n) is 3.26. The van der Waals surface area contributed by atoms with Gasteiger partial charge in [0.2, 0.25) is 0 Å². The first-order valence-electron chi connectivity index (χ1n) is 5.24. The van der Waals surface area contributed by atoms with E-state index in [-0.39, 0.29) is 12.2 Å². The first-order valence-corrected chi connectivity index (χ1v) is 5.24. The number of carbonyl (C=O) groups excluding carboxylic acids is 2. The van der Waals surface area contributed by atoms with Gasteiger partial charge in [-0.2, -0.15) is 0 Å². The third-order valence-corrected chi connectivity index (χ3v) is 2.01. The summed E-state index contributed by atoms with van der Waals surface area (Å²) in [4.78, 5) is 23.1. The molecule has 0 heterocycles. The van der Waals surface area contributed by atoms with Gasteiger partial charge in [0.05, 0.1) is 6.61 Å². The Hall–Kier alpha value is -2.37. The van der Waals surface area contributed by atoms with Gasteiger partial charge in [-0.3, -0.25) is 4.79 Å². The van der Waals surface area contributed by atoms with Crippen LogP contribution in [0.4, 0.5) is 10.1 Å². The van der Waals surface area contributed by atoms with Crippen molar-refractivity contribution in [1.29, 1.82) is 0 Å². The summed E-state index contributed by atoms with van der Waals surface area (Å²) >= 11 is 0. The zero-order valence-corrected chi connectivity index (χ0v) is 9.77. The quantitative estimate of drug-likeness (QED) is 0.365. The molecular weight excluding hydrogens is 239 g/mol. The Balaban J connectivity index is 2.75. The van der Waals surface area contributed by atoms with Crippen LogP contribution in [0.25, 0.3) is 0 Å². The third kappa shape index (κ3) is 3.58. The van der Waals surface area contributed by atoms with Gasteiger partial charge in [-0.05, 0) is 31.2 Å². The normalized spacial score (nSPS) is 10.9. The van der Waals surface area contributed by atoms with Crippen molar-refractivity contribution in [3.63, 3.8) is 0 Å². The average Bonchev–Trinajstić information content (AvgIpc) is 2.33. The Bertz CT molecular complexity index is 469. The van der Waals surface area contributed by atoms with Crippen molar-refractivity contribution < 1.29 is 18.7 Å². The SMILES string of the molecule is CCOC(=O)/C(=C/N)C(=O)Nc1ccc(F)cc1. The summed E-state index contributed by atoms with van der Waals surface area (Å²) in [6.07, 6.45) is 0.872. The number of benzene rings is 1. The number of carbonyl (C=O) groups is 2. The molecule has 0 fully saturated rings. The van der Waals surface area contributed by atoms with Crippen molar-refractivity contribution in [1.82, 2.24) is 0 Å². The number of hydrogen-bond donors (Lipinski definition) is 2. The number of esters is 1. The molecule has 1 amide bonds. The Kier molecular flexibility index (Phi) is 4.86. The van der Waals surface area contributed by atoms with Crippen molar-refractivity contribution >= 4 is 17.6 Å². The topological polar surface area (TPSA) is 81.4 Å². The molecule has 0 spiro atoms. The lowest BCUT2D eigenvalue weighted by Gasteiger charge is -2.07. The van der Waals surface area contributed by atoms with Crippen LogP contribution in [-0.2, 0) is 14.3 Å². The molecule has 0 aliphatic carbocycles. The van der Waals surface area contributed by atoms with Crippen molar-refractivity contribution in [3.05, 3.63) is 41.9 Å². The summed E-state index contributed by atoms with van der Waals surface area (Å²) in [6, 6.07) is 5.11. The number of halogens is 1. The Morgan fingerprint density at radius 1 is 1.39 bits per heavy atom. The third-order valence-electron chi connectivity index (χ3n) is 2.01. The number of amides is 1. The lowest BCUT2D eigenvalue weighted by molar-refractivity contribution is -0.139. The molecule has 6 heteroatoms. The van der Waals surface area contributed by atoms with Gasteiger partial charge in [-0.1, -0.05) is 0 Å². The predicted molar refractivity (Wildman–Crippen MR) is 63.9 cm³/mol. The second kappa shape index (κ2) is 6.39. The fraction of sp³-hybridized carbons (Fsp3) is 0.167. The van der Waals surface area contributed by atoms with Gasteiger partial charge in [0.25, 0.3) is 5.91 Å². The maximum Gasteiger partial charge on any atom is 0.345 e. The summed E-state index contributed by atoms with van der Waals surface area (Å²) in [6.45, 7) is 1.75. The molecule has 3 N–H and O–H groups in total. The minimum atomic E-state index is -0.806. The number of ether oxygens (including phenoxy) is 1. The molecular formula is C12H13FN2O3. The molecule has 1 aromatic carbocycles. The molecule has 0 saturated carbocycles. The Morgan fingerprint density at radius 3 is 2.50 bits per heavy atom. The summed E-state index contributed by atoms with van der Waals surface area (Å²) in [5.41, 5.74) is 5.25. The zero-order valence-electron chi connectivity index (χ0n) is 9.77. The van der Waals surface area contributed by atoms with E-state index in [1.165, 1.54) is 24.3 Å². The van der Waals surface area contributed by atoms with Crippen LogP contribution in [0.5, 0.6) is 0 Å². The molecule has 0 unspecified atom stereocenters. The lowest BCUT2D eigenvalue weighted by atomic mass is 10.2. The van der Waals surface area contributed by atoms with E-state index in [1.807, 2.05) is 0 Å². The standard InChI is InChI=1S/C12H13FN2O3/c1-2-18-12(17)10(7-14)11(16)15-9-5-3-8(13)4-6-9/h3-7H,2,14H2,1H3,(H,15,16)/b10-7+. The molecule has 18 heavy (non-hydrogen) atoms. The van der Waals surface area contributed by atoms with Crippen LogP contribution in [0.15, 0.2) is 36.0 Å². The van der Waals surface area contributed by atoms with Crippen molar-refractivity contribution in [3.8, 4) is 0 Å². The maximum absolute atomic E-state index is 12.7. The highest BCUT2D eigenvalue weighted by Crippen LogP contribution is 2.10. The van der Waals surface area contributed by atoms with Crippen molar-refractivity contribution in [2.24, 2.45) is 5.73 Å². The monoisotopic (exact) mass is 252 g/mol. The highest BCUT2D eigenvalue weighted by atomic mass is 19.1. The van der Waals surface area contributed by atoms with Gasteiger partial charge < -0.3 is 15.8 Å². The van der Waals surface area contributed by atoms with Crippen LogP contribution in [-0.4, -0.2) is 18.5 Å². The molecule has 5 nitrogen and oxygen atoms in total. The molecule has 96 valence electrons. The van der Waals surface area contributed by atoms with E-state index in [0.29, 0.717) is 5.69 Å². The van der Waals surface area contributed by atoms with Gasteiger partial charge in [-0.15, -0.1) is 0 Å². The zero-order chi connectivity index (χ0) is 13.5. The summed E-state index contributed by atoms with van der Waals surface area (Å²) < 4.78 is 17.3. The van der Waals surface area contributed by atoms with Crippen LogP contribution < -0.4 is 11.1 Å². The minimum Gasteiger partial charge on any atom is -0.462 e. The average molecular weight is 252 g/mol. The maximum atomic E-state index is 12.7. The van der Waals surface area contributed by atoms with E-state index < -0.39 is 17.7 Å². The van der Waals surface area contributed by atoms with E-state index >= 15 is 0 Å². The van der Waals surface area contributed by atoms with E-state index in [0.717, 1.165) is 6.20 Å². The Morgan fingerprint density at radius 2 is 2.00 bits per heavy atom. The molecule has 0 saturated heterocycles.